The molecule has 0 fully saturated rings. The molecule has 3 aromatic carbocycles. The highest BCUT2D eigenvalue weighted by Crippen LogP contribution is 2.39. The van der Waals surface area contributed by atoms with Gasteiger partial charge in [-0.15, -0.1) is 0 Å². The van der Waals surface area contributed by atoms with Crippen LogP contribution in [0.3, 0.4) is 0 Å². The fourth-order valence-electron chi connectivity index (χ4n) is 4.45. The molecule has 1 aliphatic rings. The molecule has 0 aliphatic carbocycles. The van der Waals surface area contributed by atoms with Crippen molar-refractivity contribution in [3.63, 3.8) is 0 Å². The van der Waals surface area contributed by atoms with E-state index in [4.69, 9.17) is 4.74 Å². The Morgan fingerprint density at radius 1 is 1.00 bits per heavy atom. The van der Waals surface area contributed by atoms with Crippen molar-refractivity contribution < 1.29 is 9.53 Å². The molecule has 5 rings (SSSR count). The number of ether oxygens (including phenoxy) is 1. The predicted octanol–water partition coefficient (Wildman–Crippen LogP) is 5.27. The standard InChI is InChI=1S/C26H24N2O2/c1-17-7-9-18(10-8-17)25-24-22(21-5-3-4-6-23(21)27-24)15-16-28(25)26(29)19-11-13-20(30-2)14-12-19/h3-14,25,27H,15-16H2,1-2H3/t25-/m0/s1. The number of fused-ring (bicyclic) bond motifs is 3. The molecular formula is C26H24N2O2. The highest BCUT2D eigenvalue weighted by Gasteiger charge is 2.34. The van der Waals surface area contributed by atoms with Crippen molar-refractivity contribution in [1.29, 1.82) is 0 Å². The van der Waals surface area contributed by atoms with Crippen molar-refractivity contribution in [3.8, 4) is 5.75 Å². The summed E-state index contributed by atoms with van der Waals surface area (Å²) in [6.45, 7) is 2.76. The zero-order chi connectivity index (χ0) is 20.7. The van der Waals surface area contributed by atoms with Gasteiger partial charge in [0.15, 0.2) is 0 Å². The van der Waals surface area contributed by atoms with E-state index < -0.39 is 0 Å². The number of carbonyl (C=O) groups excluding carboxylic acids is 1. The summed E-state index contributed by atoms with van der Waals surface area (Å²) < 4.78 is 5.25. The first-order valence-corrected chi connectivity index (χ1v) is 10.3. The zero-order valence-corrected chi connectivity index (χ0v) is 17.2. The van der Waals surface area contributed by atoms with Crippen LogP contribution in [0, 0.1) is 6.92 Å². The average molecular weight is 396 g/mol. The number of H-pyrrole nitrogens is 1. The van der Waals surface area contributed by atoms with E-state index in [1.165, 1.54) is 16.5 Å². The van der Waals surface area contributed by atoms with E-state index in [1.807, 2.05) is 35.2 Å². The number of methoxy groups -OCH3 is 1. The van der Waals surface area contributed by atoms with Crippen LogP contribution in [0.4, 0.5) is 0 Å². The van der Waals surface area contributed by atoms with E-state index in [2.05, 4.69) is 54.4 Å². The molecule has 4 heteroatoms. The number of carbonyl (C=O) groups is 1. The maximum atomic E-state index is 13.5. The molecule has 0 radical (unpaired) electrons. The van der Waals surface area contributed by atoms with Crippen molar-refractivity contribution in [2.75, 3.05) is 13.7 Å². The van der Waals surface area contributed by atoms with Crippen molar-refractivity contribution in [3.05, 3.63) is 101 Å². The number of rotatable bonds is 3. The first-order valence-electron chi connectivity index (χ1n) is 10.3. The van der Waals surface area contributed by atoms with Crippen LogP contribution < -0.4 is 4.74 Å². The normalized spacial score (nSPS) is 15.8. The summed E-state index contributed by atoms with van der Waals surface area (Å²) in [5.74, 6) is 0.783. The first kappa shape index (κ1) is 18.5. The number of para-hydroxylation sites is 1. The van der Waals surface area contributed by atoms with E-state index in [1.54, 1.807) is 7.11 Å². The third-order valence-corrected chi connectivity index (χ3v) is 6.03. The fraction of sp³-hybridized carbons (Fsp3) is 0.192. The summed E-state index contributed by atoms with van der Waals surface area (Å²) in [6, 6.07) is 24.1. The van der Waals surface area contributed by atoms with Crippen LogP contribution in [-0.4, -0.2) is 29.4 Å². The van der Waals surface area contributed by atoms with Gasteiger partial charge in [-0.3, -0.25) is 4.79 Å². The minimum atomic E-state index is -0.142. The summed E-state index contributed by atoms with van der Waals surface area (Å²) in [5.41, 5.74) is 6.56. The second-order valence-corrected chi connectivity index (χ2v) is 7.85. The Labute approximate surface area is 176 Å². The number of aryl methyl sites for hydroxylation is 1. The van der Waals surface area contributed by atoms with Gasteiger partial charge in [0.05, 0.1) is 13.2 Å². The van der Waals surface area contributed by atoms with Crippen LogP contribution in [-0.2, 0) is 6.42 Å². The quantitative estimate of drug-likeness (QED) is 0.513. The van der Waals surface area contributed by atoms with Gasteiger partial charge < -0.3 is 14.6 Å². The second-order valence-electron chi connectivity index (χ2n) is 7.85. The molecular weight excluding hydrogens is 372 g/mol. The summed E-state index contributed by atoms with van der Waals surface area (Å²) >= 11 is 0. The van der Waals surface area contributed by atoms with E-state index >= 15 is 0 Å². The molecule has 1 N–H and O–H groups in total. The lowest BCUT2D eigenvalue weighted by Crippen LogP contribution is -2.40. The zero-order valence-electron chi connectivity index (χ0n) is 17.2. The van der Waals surface area contributed by atoms with Gasteiger partial charge in [0.1, 0.15) is 5.75 Å². The van der Waals surface area contributed by atoms with Gasteiger partial charge in [0.2, 0.25) is 0 Å². The number of nitrogens with one attached hydrogen (secondary N) is 1. The third-order valence-electron chi connectivity index (χ3n) is 6.03. The monoisotopic (exact) mass is 396 g/mol. The lowest BCUT2D eigenvalue weighted by Gasteiger charge is -2.36. The molecule has 30 heavy (non-hydrogen) atoms. The van der Waals surface area contributed by atoms with Crippen LogP contribution in [0.25, 0.3) is 10.9 Å². The van der Waals surface area contributed by atoms with E-state index in [9.17, 15) is 4.79 Å². The minimum Gasteiger partial charge on any atom is -0.497 e. The van der Waals surface area contributed by atoms with Crippen molar-refractivity contribution in [2.24, 2.45) is 0 Å². The van der Waals surface area contributed by atoms with E-state index in [0.717, 1.165) is 28.9 Å². The topological polar surface area (TPSA) is 45.3 Å². The maximum Gasteiger partial charge on any atom is 0.254 e. The number of hydrogen-bond donors (Lipinski definition) is 1. The Morgan fingerprint density at radius 2 is 1.73 bits per heavy atom. The SMILES string of the molecule is COc1ccc(C(=O)N2CCc3c([nH]c4ccccc34)[C@@H]2c2ccc(C)cc2)cc1. The van der Waals surface area contributed by atoms with Crippen molar-refractivity contribution in [2.45, 2.75) is 19.4 Å². The Balaban J connectivity index is 1.62. The summed E-state index contributed by atoms with van der Waals surface area (Å²) in [6.07, 6.45) is 0.837. The highest BCUT2D eigenvalue weighted by molar-refractivity contribution is 5.95. The molecule has 0 spiro atoms. The molecule has 0 saturated heterocycles. The molecule has 0 bridgehead atoms. The minimum absolute atomic E-state index is 0.0348. The number of amides is 1. The first-order chi connectivity index (χ1) is 14.7. The highest BCUT2D eigenvalue weighted by atomic mass is 16.5. The molecule has 2 heterocycles. The van der Waals surface area contributed by atoms with Gasteiger partial charge >= 0.3 is 0 Å². The Bertz CT molecular complexity index is 1210. The van der Waals surface area contributed by atoms with Gasteiger partial charge in [-0.25, -0.2) is 0 Å². The molecule has 4 aromatic rings. The fourth-order valence-corrected chi connectivity index (χ4v) is 4.45. The van der Waals surface area contributed by atoms with Crippen LogP contribution in [0.2, 0.25) is 0 Å². The smallest absolute Gasteiger partial charge is 0.254 e. The predicted molar refractivity (Wildman–Crippen MR) is 119 cm³/mol. The van der Waals surface area contributed by atoms with Crippen LogP contribution >= 0.6 is 0 Å². The number of nitrogens with zero attached hydrogens (tertiary/aromatic N) is 1. The molecule has 4 nitrogen and oxygen atoms in total. The van der Waals surface area contributed by atoms with Crippen LogP contribution in [0.1, 0.15) is 38.8 Å². The largest absolute Gasteiger partial charge is 0.497 e. The molecule has 1 aliphatic heterocycles. The average Bonchev–Trinajstić information content (AvgIpc) is 3.17. The summed E-state index contributed by atoms with van der Waals surface area (Å²) in [5, 5.41) is 1.25. The van der Waals surface area contributed by atoms with Gasteiger partial charge in [0, 0.05) is 28.7 Å². The Hall–Kier alpha value is -3.53. The molecule has 1 aromatic heterocycles. The lowest BCUT2D eigenvalue weighted by atomic mass is 9.91. The molecule has 1 amide bonds. The molecule has 0 unspecified atom stereocenters. The van der Waals surface area contributed by atoms with Gasteiger partial charge in [0.25, 0.3) is 5.91 Å². The molecule has 150 valence electrons. The molecule has 0 saturated carbocycles. The van der Waals surface area contributed by atoms with Gasteiger partial charge in [-0.2, -0.15) is 0 Å². The number of aromatic amines is 1. The summed E-state index contributed by atoms with van der Waals surface area (Å²) in [7, 11) is 1.63. The van der Waals surface area contributed by atoms with Crippen molar-refractivity contribution in [1.82, 2.24) is 9.88 Å². The molecule has 1 atom stereocenters. The van der Waals surface area contributed by atoms with Crippen LogP contribution in [0.5, 0.6) is 5.75 Å². The second kappa shape index (κ2) is 7.38. The van der Waals surface area contributed by atoms with Gasteiger partial charge in [-0.05, 0) is 54.8 Å². The van der Waals surface area contributed by atoms with Gasteiger partial charge in [-0.1, -0.05) is 48.0 Å². The maximum absolute atomic E-state index is 13.5. The van der Waals surface area contributed by atoms with E-state index in [-0.39, 0.29) is 11.9 Å². The van der Waals surface area contributed by atoms with Crippen LogP contribution in [0.15, 0.2) is 72.8 Å². The third kappa shape index (κ3) is 3.05. The number of hydrogen-bond acceptors (Lipinski definition) is 2. The lowest BCUT2D eigenvalue weighted by molar-refractivity contribution is 0.0692. The number of aromatic nitrogens is 1. The van der Waals surface area contributed by atoms with Crippen molar-refractivity contribution >= 4 is 16.8 Å². The Kier molecular flexibility index (Phi) is 4.55. The summed E-state index contributed by atoms with van der Waals surface area (Å²) in [4.78, 5) is 19.2. The number of benzene rings is 3. The Morgan fingerprint density at radius 3 is 2.47 bits per heavy atom. The van der Waals surface area contributed by atoms with E-state index in [0.29, 0.717) is 12.1 Å².